The van der Waals surface area contributed by atoms with E-state index in [-0.39, 0.29) is 12.7 Å². The number of fused-ring (bicyclic) bond motifs is 2. The van der Waals surface area contributed by atoms with E-state index in [0.717, 1.165) is 32.1 Å². The zero-order chi connectivity index (χ0) is 32.0. The lowest BCUT2D eigenvalue weighted by molar-refractivity contribution is -0.173. The summed E-state index contributed by atoms with van der Waals surface area (Å²) in [7, 11) is 0. The largest absolute Gasteiger partial charge is 0.510 e. The quantitative estimate of drug-likeness (QED) is 0.0991. The molecule has 0 spiro atoms. The third kappa shape index (κ3) is 8.83. The highest BCUT2D eigenvalue weighted by molar-refractivity contribution is 5.88. The molecule has 0 radical (unpaired) electrons. The SMILES string of the molecule is CCCCCCCCCCCCOC(=O)OC(C(=O)OC1CC2CCC(C1)C2C1=CCCCC1)(c1ccccc1)c1ccccc1. The number of esters is 1. The van der Waals surface area contributed by atoms with Crippen molar-refractivity contribution in [3.8, 4) is 0 Å². The Kier molecular flexibility index (Phi) is 13.2. The average molecular weight is 629 g/mol. The predicted molar refractivity (Wildman–Crippen MR) is 183 cm³/mol. The molecule has 5 nitrogen and oxygen atoms in total. The number of carbonyl (C=O) groups is 2. The Morgan fingerprint density at radius 3 is 1.85 bits per heavy atom. The van der Waals surface area contributed by atoms with Crippen LogP contribution < -0.4 is 0 Å². The van der Waals surface area contributed by atoms with E-state index in [1.54, 1.807) is 5.57 Å². The fraction of sp³-hybridized carbons (Fsp3) is 0.610. The third-order valence-electron chi connectivity index (χ3n) is 10.7. The van der Waals surface area contributed by atoms with Crippen LogP contribution in [-0.4, -0.2) is 24.8 Å². The lowest BCUT2D eigenvalue weighted by Crippen LogP contribution is -2.46. The van der Waals surface area contributed by atoms with Crippen LogP contribution in [0.2, 0.25) is 0 Å². The Balaban J connectivity index is 1.23. The van der Waals surface area contributed by atoms with Gasteiger partial charge in [-0.3, -0.25) is 0 Å². The summed E-state index contributed by atoms with van der Waals surface area (Å²) in [5, 5.41) is 0. The third-order valence-corrected chi connectivity index (χ3v) is 10.7. The molecule has 2 fully saturated rings. The number of hydrogen-bond donors (Lipinski definition) is 0. The molecule has 3 aliphatic carbocycles. The van der Waals surface area contributed by atoms with Gasteiger partial charge in [0.25, 0.3) is 5.60 Å². The number of benzene rings is 2. The Bertz CT molecular complexity index is 1180. The second-order valence-corrected chi connectivity index (χ2v) is 13.9. The minimum absolute atomic E-state index is 0.191. The van der Waals surface area contributed by atoms with Crippen LogP contribution in [0.3, 0.4) is 0 Å². The van der Waals surface area contributed by atoms with Crippen molar-refractivity contribution in [2.24, 2.45) is 17.8 Å². The van der Waals surface area contributed by atoms with Crippen LogP contribution in [0.4, 0.5) is 4.79 Å². The van der Waals surface area contributed by atoms with E-state index in [9.17, 15) is 9.59 Å². The molecule has 5 heteroatoms. The summed E-state index contributed by atoms with van der Waals surface area (Å²) in [5.41, 5.74) is 1.02. The number of hydrogen-bond acceptors (Lipinski definition) is 5. The van der Waals surface area contributed by atoms with Crippen molar-refractivity contribution < 1.29 is 23.8 Å². The minimum atomic E-state index is -1.75. The summed E-state index contributed by atoms with van der Waals surface area (Å²) >= 11 is 0. The first kappa shape index (κ1) is 34.3. The summed E-state index contributed by atoms with van der Waals surface area (Å²) < 4.78 is 18.2. The van der Waals surface area contributed by atoms with Gasteiger partial charge in [-0.15, -0.1) is 0 Å². The normalized spacial score (nSPS) is 22.6. The second kappa shape index (κ2) is 17.7. The number of rotatable bonds is 17. The molecule has 2 aromatic rings. The molecular formula is C41H56O5. The van der Waals surface area contributed by atoms with Crippen molar-refractivity contribution in [1.82, 2.24) is 0 Å². The molecule has 0 aromatic heterocycles. The second-order valence-electron chi connectivity index (χ2n) is 13.9. The topological polar surface area (TPSA) is 61.8 Å². The predicted octanol–water partition coefficient (Wildman–Crippen LogP) is 10.9. The zero-order valence-corrected chi connectivity index (χ0v) is 28.1. The van der Waals surface area contributed by atoms with Gasteiger partial charge in [0.2, 0.25) is 0 Å². The summed E-state index contributed by atoms with van der Waals surface area (Å²) in [4.78, 5) is 27.8. The van der Waals surface area contributed by atoms with Crippen LogP contribution in [0.1, 0.15) is 134 Å². The molecule has 0 aliphatic heterocycles. The smallest absolute Gasteiger partial charge is 0.459 e. The van der Waals surface area contributed by atoms with Gasteiger partial charge in [-0.1, -0.05) is 137 Å². The molecule has 2 unspecified atom stereocenters. The van der Waals surface area contributed by atoms with E-state index < -0.39 is 17.7 Å². The van der Waals surface area contributed by atoms with Crippen molar-refractivity contribution >= 4 is 12.1 Å². The van der Waals surface area contributed by atoms with Crippen LogP contribution in [0.15, 0.2) is 72.3 Å². The van der Waals surface area contributed by atoms with E-state index in [1.807, 2.05) is 60.7 Å². The molecule has 0 heterocycles. The molecule has 250 valence electrons. The van der Waals surface area contributed by atoms with Crippen molar-refractivity contribution in [3.05, 3.63) is 83.4 Å². The van der Waals surface area contributed by atoms with Gasteiger partial charge in [0.15, 0.2) is 0 Å². The summed E-state index contributed by atoms with van der Waals surface area (Å²) in [5.74, 6) is 1.20. The summed E-state index contributed by atoms with van der Waals surface area (Å²) in [6.45, 7) is 2.52. The number of unbranched alkanes of at least 4 members (excludes halogenated alkanes) is 9. The van der Waals surface area contributed by atoms with Gasteiger partial charge < -0.3 is 14.2 Å². The first-order valence-electron chi connectivity index (χ1n) is 18.5. The molecule has 3 aliphatic rings. The van der Waals surface area contributed by atoms with E-state index >= 15 is 0 Å². The Labute approximate surface area is 277 Å². The van der Waals surface area contributed by atoms with E-state index in [2.05, 4.69) is 13.0 Å². The number of ether oxygens (including phenoxy) is 3. The van der Waals surface area contributed by atoms with Crippen molar-refractivity contribution in [1.29, 1.82) is 0 Å². The summed E-state index contributed by atoms with van der Waals surface area (Å²) in [6, 6.07) is 18.6. The lowest BCUT2D eigenvalue weighted by atomic mass is 9.71. The van der Waals surface area contributed by atoms with Gasteiger partial charge in [0, 0.05) is 11.1 Å². The van der Waals surface area contributed by atoms with Crippen LogP contribution in [-0.2, 0) is 24.6 Å². The van der Waals surface area contributed by atoms with Gasteiger partial charge in [0.1, 0.15) is 6.10 Å². The summed E-state index contributed by atoms with van der Waals surface area (Å²) in [6.07, 6.45) is 22.6. The molecule has 2 bridgehead atoms. The average Bonchev–Trinajstić information content (AvgIpc) is 3.36. The molecule has 0 N–H and O–H groups in total. The Morgan fingerprint density at radius 1 is 0.739 bits per heavy atom. The van der Waals surface area contributed by atoms with Gasteiger partial charge in [-0.05, 0) is 75.5 Å². The maximum absolute atomic E-state index is 14.5. The minimum Gasteiger partial charge on any atom is -0.459 e. The van der Waals surface area contributed by atoms with Crippen LogP contribution in [0, 0.1) is 17.8 Å². The van der Waals surface area contributed by atoms with Gasteiger partial charge in [-0.25, -0.2) is 9.59 Å². The van der Waals surface area contributed by atoms with Crippen LogP contribution in [0.5, 0.6) is 0 Å². The van der Waals surface area contributed by atoms with Crippen LogP contribution >= 0.6 is 0 Å². The first-order chi connectivity index (χ1) is 22.6. The Morgan fingerprint density at radius 2 is 1.30 bits per heavy atom. The van der Waals surface area contributed by atoms with E-state index in [0.29, 0.717) is 28.9 Å². The monoisotopic (exact) mass is 628 g/mol. The molecule has 2 saturated carbocycles. The highest BCUT2D eigenvalue weighted by atomic mass is 16.7. The van der Waals surface area contributed by atoms with E-state index in [1.165, 1.54) is 83.5 Å². The standard InChI is InChI=1S/C41H56O5/c1-2-3-4-5-6-7-8-9-10-20-29-44-40(43)46-41(35-23-16-12-17-24-35,36-25-18-13-19-26-36)39(42)45-37-30-33-27-28-34(31-37)38(33)32-21-14-11-15-22-32/h12-13,16-19,21,23-26,33-34,37-38H,2-11,14-15,20,22,27-31H2,1H3. The molecule has 5 rings (SSSR count). The molecular weight excluding hydrogens is 572 g/mol. The van der Waals surface area contributed by atoms with Gasteiger partial charge >= 0.3 is 12.1 Å². The maximum Gasteiger partial charge on any atom is 0.510 e. The van der Waals surface area contributed by atoms with Gasteiger partial charge in [0.05, 0.1) is 6.61 Å². The van der Waals surface area contributed by atoms with Crippen molar-refractivity contribution in [2.45, 2.75) is 134 Å². The maximum atomic E-state index is 14.5. The Hall–Kier alpha value is -3.08. The molecule has 46 heavy (non-hydrogen) atoms. The lowest BCUT2D eigenvalue weighted by Gasteiger charge is -2.39. The number of carbonyl (C=O) groups excluding carboxylic acids is 2. The fourth-order valence-corrected chi connectivity index (χ4v) is 8.38. The van der Waals surface area contributed by atoms with Gasteiger partial charge in [-0.2, -0.15) is 0 Å². The molecule has 2 aromatic carbocycles. The molecule has 0 amide bonds. The van der Waals surface area contributed by atoms with E-state index in [4.69, 9.17) is 14.2 Å². The number of allylic oxidation sites excluding steroid dienone is 2. The molecule has 2 atom stereocenters. The molecule has 0 saturated heterocycles. The van der Waals surface area contributed by atoms with Crippen molar-refractivity contribution in [3.63, 3.8) is 0 Å². The first-order valence-corrected chi connectivity index (χ1v) is 18.5. The highest BCUT2D eigenvalue weighted by Crippen LogP contribution is 2.52. The van der Waals surface area contributed by atoms with Crippen molar-refractivity contribution in [2.75, 3.05) is 6.61 Å². The highest BCUT2D eigenvalue weighted by Gasteiger charge is 2.51. The zero-order valence-electron chi connectivity index (χ0n) is 28.1. The fourth-order valence-electron chi connectivity index (χ4n) is 8.38. The van der Waals surface area contributed by atoms with Crippen LogP contribution in [0.25, 0.3) is 0 Å².